The molecule has 0 radical (unpaired) electrons. The highest BCUT2D eigenvalue weighted by molar-refractivity contribution is 7.87. The first-order valence-electron chi connectivity index (χ1n) is 7.74. The molecule has 0 saturated heterocycles. The number of urea groups is 1. The smallest absolute Gasteiger partial charge is 0.317 e. The van der Waals surface area contributed by atoms with E-state index in [-0.39, 0.29) is 24.4 Å². The summed E-state index contributed by atoms with van der Waals surface area (Å²) < 4.78 is 29.2. The van der Waals surface area contributed by atoms with Crippen molar-refractivity contribution in [3.8, 4) is 5.75 Å². The minimum Gasteiger partial charge on any atom is -0.382 e. The minimum atomic E-state index is -3.68. The first-order valence-corrected chi connectivity index (χ1v) is 9.21. The van der Waals surface area contributed by atoms with E-state index in [0.29, 0.717) is 12.1 Å². The third kappa shape index (κ3) is 5.42. The van der Waals surface area contributed by atoms with Crippen LogP contribution in [0.3, 0.4) is 0 Å². The highest BCUT2D eigenvalue weighted by Gasteiger charge is 2.22. The Labute approximate surface area is 138 Å². The fraction of sp³-hybridized carbons (Fsp3) is 0.562. The number of benzene rings is 1. The monoisotopic (exact) mass is 342 g/mol. The molecule has 0 spiro atoms. The van der Waals surface area contributed by atoms with E-state index in [2.05, 4.69) is 5.32 Å². The summed E-state index contributed by atoms with van der Waals surface area (Å²) in [7, 11) is -3.68. The van der Waals surface area contributed by atoms with E-state index < -0.39 is 15.4 Å². The number of nitrogens with one attached hydrogen (secondary N) is 1. The molecule has 0 unspecified atom stereocenters. The fourth-order valence-electron chi connectivity index (χ4n) is 1.86. The molecule has 0 saturated carbocycles. The predicted octanol–water partition coefficient (Wildman–Crippen LogP) is 2.74. The standard InChI is InChI=1S/C16H26N2O4S/c1-6-17-16(19)18(12(2)3)11-14-9-7-8-10-15(14)22-23(20,21)13(4)5/h7-10,12-13H,6,11H2,1-5H3,(H,17,19). The molecule has 6 nitrogen and oxygen atoms in total. The van der Waals surface area contributed by atoms with Gasteiger partial charge in [0.1, 0.15) is 5.75 Å². The zero-order valence-electron chi connectivity index (χ0n) is 14.4. The van der Waals surface area contributed by atoms with Gasteiger partial charge in [-0.15, -0.1) is 0 Å². The molecule has 0 aromatic heterocycles. The molecular formula is C16H26N2O4S. The van der Waals surface area contributed by atoms with Crippen LogP contribution in [0, 0.1) is 0 Å². The van der Waals surface area contributed by atoms with Crippen molar-refractivity contribution >= 4 is 16.1 Å². The van der Waals surface area contributed by atoms with Gasteiger partial charge in [0.2, 0.25) is 0 Å². The van der Waals surface area contributed by atoms with Crippen LogP contribution in [0.4, 0.5) is 4.79 Å². The largest absolute Gasteiger partial charge is 0.382 e. The molecule has 1 aromatic carbocycles. The topological polar surface area (TPSA) is 75.7 Å². The molecule has 0 aliphatic carbocycles. The first kappa shape index (κ1) is 19.3. The van der Waals surface area contributed by atoms with Crippen LogP contribution in [-0.2, 0) is 16.7 Å². The summed E-state index contributed by atoms with van der Waals surface area (Å²) in [5.74, 6) is 0.260. The normalized spacial score (nSPS) is 11.6. The average Bonchev–Trinajstić information content (AvgIpc) is 2.45. The maximum absolute atomic E-state index is 12.1. The number of hydrogen-bond acceptors (Lipinski definition) is 4. The van der Waals surface area contributed by atoms with Crippen LogP contribution in [0.15, 0.2) is 24.3 Å². The second kappa shape index (κ2) is 8.19. The van der Waals surface area contributed by atoms with Crippen LogP contribution in [0.25, 0.3) is 0 Å². The lowest BCUT2D eigenvalue weighted by Crippen LogP contribution is -2.43. The van der Waals surface area contributed by atoms with Gasteiger partial charge in [0.25, 0.3) is 0 Å². The van der Waals surface area contributed by atoms with E-state index in [0.717, 1.165) is 0 Å². The Hall–Kier alpha value is -1.76. The van der Waals surface area contributed by atoms with Gasteiger partial charge in [-0.3, -0.25) is 0 Å². The fourth-order valence-corrected chi connectivity index (χ4v) is 2.47. The van der Waals surface area contributed by atoms with E-state index >= 15 is 0 Å². The maximum atomic E-state index is 12.1. The summed E-state index contributed by atoms with van der Waals surface area (Å²) in [4.78, 5) is 13.8. The molecule has 0 bridgehead atoms. The van der Waals surface area contributed by atoms with Crippen molar-refractivity contribution in [1.82, 2.24) is 10.2 Å². The van der Waals surface area contributed by atoms with Crippen LogP contribution in [0.2, 0.25) is 0 Å². The molecule has 0 atom stereocenters. The Bertz CT molecular complexity index is 627. The Kier molecular flexibility index (Phi) is 6.87. The highest BCUT2D eigenvalue weighted by Crippen LogP contribution is 2.23. The number of carbonyl (C=O) groups excluding carboxylic acids is 1. The molecule has 1 aromatic rings. The van der Waals surface area contributed by atoms with Crippen LogP contribution in [0.5, 0.6) is 5.75 Å². The van der Waals surface area contributed by atoms with Crippen molar-refractivity contribution in [2.75, 3.05) is 6.54 Å². The van der Waals surface area contributed by atoms with E-state index in [4.69, 9.17) is 4.18 Å². The molecule has 1 rings (SSSR count). The maximum Gasteiger partial charge on any atom is 0.317 e. The van der Waals surface area contributed by atoms with Crippen LogP contribution < -0.4 is 9.50 Å². The molecular weight excluding hydrogens is 316 g/mol. The van der Waals surface area contributed by atoms with Gasteiger partial charge in [0.15, 0.2) is 0 Å². The number of carbonyl (C=O) groups is 1. The summed E-state index contributed by atoms with van der Waals surface area (Å²) in [6, 6.07) is 6.65. The number of nitrogens with zero attached hydrogens (tertiary/aromatic N) is 1. The van der Waals surface area contributed by atoms with Crippen molar-refractivity contribution in [3.05, 3.63) is 29.8 Å². The molecule has 0 aliphatic heterocycles. The van der Waals surface area contributed by atoms with Crippen molar-refractivity contribution in [3.63, 3.8) is 0 Å². The number of amides is 2. The van der Waals surface area contributed by atoms with Crippen molar-refractivity contribution in [1.29, 1.82) is 0 Å². The van der Waals surface area contributed by atoms with Crippen molar-refractivity contribution in [2.24, 2.45) is 0 Å². The summed E-state index contributed by atoms with van der Waals surface area (Å²) >= 11 is 0. The number of hydrogen-bond donors (Lipinski definition) is 1. The minimum absolute atomic E-state index is 0.0312. The Morgan fingerprint density at radius 3 is 2.35 bits per heavy atom. The predicted molar refractivity (Wildman–Crippen MR) is 90.9 cm³/mol. The van der Waals surface area contributed by atoms with Gasteiger partial charge in [-0.2, -0.15) is 8.42 Å². The van der Waals surface area contributed by atoms with Gasteiger partial charge >= 0.3 is 16.1 Å². The van der Waals surface area contributed by atoms with Crippen LogP contribution in [0.1, 0.15) is 40.2 Å². The summed E-state index contributed by atoms with van der Waals surface area (Å²) in [5, 5.41) is 2.12. The second-order valence-electron chi connectivity index (χ2n) is 5.79. The van der Waals surface area contributed by atoms with E-state index in [9.17, 15) is 13.2 Å². The molecule has 7 heteroatoms. The van der Waals surface area contributed by atoms with Crippen LogP contribution in [-0.4, -0.2) is 37.2 Å². The number of rotatable bonds is 7. The van der Waals surface area contributed by atoms with Gasteiger partial charge in [0.05, 0.1) is 11.8 Å². The molecule has 0 heterocycles. The lowest BCUT2D eigenvalue weighted by atomic mass is 10.1. The Morgan fingerprint density at radius 2 is 1.83 bits per heavy atom. The Balaban J connectivity index is 3.06. The summed E-state index contributed by atoms with van der Waals surface area (Å²) in [5.41, 5.74) is 0.650. The summed E-state index contributed by atoms with van der Waals surface area (Å²) in [6.07, 6.45) is 0. The van der Waals surface area contributed by atoms with Crippen molar-refractivity contribution < 1.29 is 17.4 Å². The number of para-hydroxylation sites is 1. The van der Waals surface area contributed by atoms with Gasteiger partial charge in [-0.1, -0.05) is 18.2 Å². The molecule has 23 heavy (non-hydrogen) atoms. The van der Waals surface area contributed by atoms with Gasteiger partial charge in [-0.25, -0.2) is 4.79 Å². The van der Waals surface area contributed by atoms with Crippen molar-refractivity contribution in [2.45, 2.75) is 52.5 Å². The molecule has 0 aliphatic rings. The molecule has 2 amide bonds. The first-order chi connectivity index (χ1) is 10.7. The highest BCUT2D eigenvalue weighted by atomic mass is 32.2. The molecule has 130 valence electrons. The average molecular weight is 342 g/mol. The lowest BCUT2D eigenvalue weighted by molar-refractivity contribution is 0.180. The van der Waals surface area contributed by atoms with Gasteiger partial charge in [0, 0.05) is 18.2 Å². The van der Waals surface area contributed by atoms with E-state index in [1.54, 1.807) is 43.0 Å². The SMILES string of the molecule is CCNC(=O)N(Cc1ccccc1OS(=O)(=O)C(C)C)C(C)C. The molecule has 0 fully saturated rings. The van der Waals surface area contributed by atoms with Crippen LogP contribution >= 0.6 is 0 Å². The third-order valence-electron chi connectivity index (χ3n) is 3.31. The Morgan fingerprint density at radius 1 is 1.22 bits per heavy atom. The third-order valence-corrected chi connectivity index (χ3v) is 4.88. The molecule has 1 N–H and O–H groups in total. The van der Waals surface area contributed by atoms with Gasteiger partial charge in [-0.05, 0) is 40.7 Å². The van der Waals surface area contributed by atoms with E-state index in [1.807, 2.05) is 20.8 Å². The van der Waals surface area contributed by atoms with E-state index in [1.165, 1.54) is 0 Å². The zero-order chi connectivity index (χ0) is 17.6. The quantitative estimate of drug-likeness (QED) is 0.773. The van der Waals surface area contributed by atoms with Gasteiger partial charge < -0.3 is 14.4 Å². The summed E-state index contributed by atoms with van der Waals surface area (Å²) in [6.45, 7) is 9.59. The second-order valence-corrected chi connectivity index (χ2v) is 7.88. The zero-order valence-corrected chi connectivity index (χ0v) is 15.2. The lowest BCUT2D eigenvalue weighted by Gasteiger charge is -2.27.